The Hall–Kier alpha value is -2.93. The second kappa shape index (κ2) is 8.61. The summed E-state index contributed by atoms with van der Waals surface area (Å²) in [7, 11) is 2.14. The molecule has 152 valence electrons. The molecule has 0 bridgehead atoms. The van der Waals surface area contributed by atoms with Gasteiger partial charge in [0.15, 0.2) is 0 Å². The Balaban J connectivity index is 1.40. The van der Waals surface area contributed by atoms with Crippen molar-refractivity contribution in [1.29, 1.82) is 0 Å². The van der Waals surface area contributed by atoms with E-state index >= 15 is 0 Å². The van der Waals surface area contributed by atoms with E-state index in [2.05, 4.69) is 27.1 Å². The number of rotatable bonds is 4. The van der Waals surface area contributed by atoms with Gasteiger partial charge in [-0.1, -0.05) is 0 Å². The molecule has 1 N–H and O–H groups in total. The largest absolute Gasteiger partial charge is 0.369 e. The summed E-state index contributed by atoms with van der Waals surface area (Å²) in [5.74, 6) is -0.344. The van der Waals surface area contributed by atoms with Gasteiger partial charge in [0.1, 0.15) is 5.69 Å². The van der Waals surface area contributed by atoms with Gasteiger partial charge in [-0.05, 0) is 56.3 Å². The van der Waals surface area contributed by atoms with E-state index < -0.39 is 0 Å². The minimum absolute atomic E-state index is 0.0320. The van der Waals surface area contributed by atoms with Gasteiger partial charge < -0.3 is 20.0 Å². The molecule has 2 amide bonds. The zero-order chi connectivity index (χ0) is 20.2. The summed E-state index contributed by atoms with van der Waals surface area (Å²) in [6, 6.07) is 11.1. The minimum atomic E-state index is -0.312. The third-order valence-corrected chi connectivity index (χ3v) is 5.63. The van der Waals surface area contributed by atoms with Crippen LogP contribution in [0.25, 0.3) is 0 Å². The number of likely N-dealkylation sites (N-methyl/N-ethyl adjacent to an activating group) is 1. The number of hydrogen-bond donors (Lipinski definition) is 1. The van der Waals surface area contributed by atoms with Gasteiger partial charge in [-0.3, -0.25) is 14.6 Å². The van der Waals surface area contributed by atoms with Crippen molar-refractivity contribution in [3.63, 3.8) is 0 Å². The van der Waals surface area contributed by atoms with Crippen molar-refractivity contribution in [1.82, 2.24) is 14.8 Å². The summed E-state index contributed by atoms with van der Waals surface area (Å²) >= 11 is 0. The number of carbonyl (C=O) groups is 2. The molecule has 7 nitrogen and oxygen atoms in total. The summed E-state index contributed by atoms with van der Waals surface area (Å²) in [6.45, 7) is 5.67. The number of nitrogens with zero attached hydrogens (tertiary/aromatic N) is 4. The molecule has 3 heterocycles. The number of amides is 2. The average molecular weight is 393 g/mol. The predicted octanol–water partition coefficient (Wildman–Crippen LogP) is 2.32. The lowest BCUT2D eigenvalue weighted by Gasteiger charge is -2.34. The van der Waals surface area contributed by atoms with Crippen LogP contribution in [0.2, 0.25) is 0 Å². The number of carbonyl (C=O) groups excluding carboxylic acids is 2. The van der Waals surface area contributed by atoms with Crippen LogP contribution in [0, 0.1) is 0 Å². The fourth-order valence-corrected chi connectivity index (χ4v) is 3.81. The van der Waals surface area contributed by atoms with E-state index in [1.165, 1.54) is 6.20 Å². The topological polar surface area (TPSA) is 68.8 Å². The van der Waals surface area contributed by atoms with Crippen molar-refractivity contribution >= 4 is 23.2 Å². The molecule has 1 aromatic carbocycles. The highest BCUT2D eigenvalue weighted by atomic mass is 16.2. The van der Waals surface area contributed by atoms with Crippen LogP contribution >= 0.6 is 0 Å². The predicted molar refractivity (Wildman–Crippen MR) is 113 cm³/mol. The first-order valence-corrected chi connectivity index (χ1v) is 10.2. The van der Waals surface area contributed by atoms with Crippen molar-refractivity contribution < 1.29 is 9.59 Å². The van der Waals surface area contributed by atoms with Gasteiger partial charge in [-0.15, -0.1) is 0 Å². The molecule has 2 fully saturated rings. The lowest BCUT2D eigenvalue weighted by atomic mass is 10.2. The Bertz CT molecular complexity index is 869. The van der Waals surface area contributed by atoms with E-state index in [4.69, 9.17) is 0 Å². The Morgan fingerprint density at radius 2 is 1.62 bits per heavy atom. The maximum Gasteiger partial charge on any atom is 0.274 e. The van der Waals surface area contributed by atoms with Crippen molar-refractivity contribution in [3.8, 4) is 0 Å². The molecule has 2 aliphatic heterocycles. The van der Waals surface area contributed by atoms with Gasteiger partial charge in [0, 0.05) is 62.4 Å². The molecule has 2 aliphatic rings. The number of likely N-dealkylation sites (tertiary alicyclic amines) is 1. The summed E-state index contributed by atoms with van der Waals surface area (Å²) in [6.07, 6.45) is 3.59. The lowest BCUT2D eigenvalue weighted by molar-refractivity contribution is 0.0792. The van der Waals surface area contributed by atoms with E-state index in [0.717, 1.165) is 57.8 Å². The molecule has 2 saturated heterocycles. The Labute approximate surface area is 171 Å². The zero-order valence-electron chi connectivity index (χ0n) is 16.8. The molecular weight excluding hydrogens is 366 g/mol. The van der Waals surface area contributed by atoms with Crippen molar-refractivity contribution in [3.05, 3.63) is 53.9 Å². The van der Waals surface area contributed by atoms with Gasteiger partial charge in [-0.2, -0.15) is 0 Å². The van der Waals surface area contributed by atoms with E-state index in [0.29, 0.717) is 11.3 Å². The van der Waals surface area contributed by atoms with Crippen LogP contribution in [0.1, 0.15) is 33.7 Å². The highest BCUT2D eigenvalue weighted by molar-refractivity contribution is 6.04. The maximum absolute atomic E-state index is 12.6. The molecule has 29 heavy (non-hydrogen) atoms. The monoisotopic (exact) mass is 393 g/mol. The third-order valence-electron chi connectivity index (χ3n) is 5.63. The normalized spacial score (nSPS) is 17.4. The number of benzene rings is 1. The highest BCUT2D eigenvalue weighted by Crippen LogP contribution is 2.20. The van der Waals surface area contributed by atoms with Gasteiger partial charge >= 0.3 is 0 Å². The standard InChI is InChI=1S/C22H27N5O2/c1-25-12-14-26(15-13-25)19-6-4-18(5-7-19)24-21(28)20-16-17(8-9-23-20)22(29)27-10-2-3-11-27/h4-9,16H,2-3,10-15H2,1H3,(H,24,28). The van der Waals surface area contributed by atoms with Crippen LogP contribution in [0.15, 0.2) is 42.6 Å². The van der Waals surface area contributed by atoms with E-state index in [-0.39, 0.29) is 17.5 Å². The quantitative estimate of drug-likeness (QED) is 0.863. The van der Waals surface area contributed by atoms with E-state index in [1.54, 1.807) is 12.1 Å². The van der Waals surface area contributed by atoms with Crippen LogP contribution in [-0.2, 0) is 0 Å². The minimum Gasteiger partial charge on any atom is -0.369 e. The fourth-order valence-electron chi connectivity index (χ4n) is 3.81. The molecule has 0 radical (unpaired) electrons. The maximum atomic E-state index is 12.6. The second-order valence-corrected chi connectivity index (χ2v) is 7.72. The molecule has 0 atom stereocenters. The van der Waals surface area contributed by atoms with Crippen LogP contribution < -0.4 is 10.2 Å². The molecule has 0 aliphatic carbocycles. The number of hydrogen-bond acceptors (Lipinski definition) is 5. The first kappa shape index (κ1) is 19.4. The molecule has 0 unspecified atom stereocenters. The number of piperazine rings is 1. The van der Waals surface area contributed by atoms with Crippen LogP contribution in [0.4, 0.5) is 11.4 Å². The zero-order valence-corrected chi connectivity index (χ0v) is 16.8. The van der Waals surface area contributed by atoms with Crippen molar-refractivity contribution in [2.75, 3.05) is 56.5 Å². The number of aromatic nitrogens is 1. The first-order valence-electron chi connectivity index (χ1n) is 10.2. The number of pyridine rings is 1. The number of nitrogens with one attached hydrogen (secondary N) is 1. The van der Waals surface area contributed by atoms with Gasteiger partial charge in [-0.25, -0.2) is 0 Å². The van der Waals surface area contributed by atoms with Gasteiger partial charge in [0.05, 0.1) is 0 Å². The van der Waals surface area contributed by atoms with E-state index in [1.807, 2.05) is 29.2 Å². The van der Waals surface area contributed by atoms with Gasteiger partial charge in [0.25, 0.3) is 11.8 Å². The van der Waals surface area contributed by atoms with Crippen molar-refractivity contribution in [2.24, 2.45) is 0 Å². The Morgan fingerprint density at radius 3 is 2.31 bits per heavy atom. The summed E-state index contributed by atoms with van der Waals surface area (Å²) in [5.41, 5.74) is 2.63. The van der Waals surface area contributed by atoms with Gasteiger partial charge in [0.2, 0.25) is 0 Å². The van der Waals surface area contributed by atoms with E-state index in [9.17, 15) is 9.59 Å². The van der Waals surface area contributed by atoms with Crippen LogP contribution in [0.3, 0.4) is 0 Å². The lowest BCUT2D eigenvalue weighted by Crippen LogP contribution is -2.44. The molecule has 1 aromatic heterocycles. The summed E-state index contributed by atoms with van der Waals surface area (Å²) in [5, 5.41) is 2.88. The molecule has 2 aromatic rings. The highest BCUT2D eigenvalue weighted by Gasteiger charge is 2.21. The van der Waals surface area contributed by atoms with Crippen molar-refractivity contribution in [2.45, 2.75) is 12.8 Å². The summed E-state index contributed by atoms with van der Waals surface area (Å²) in [4.78, 5) is 35.8. The third kappa shape index (κ3) is 4.56. The molecular formula is C22H27N5O2. The molecule has 0 spiro atoms. The van der Waals surface area contributed by atoms with Crippen LogP contribution in [-0.4, -0.2) is 72.9 Å². The Kier molecular flexibility index (Phi) is 5.76. The first-order chi connectivity index (χ1) is 14.1. The Morgan fingerprint density at radius 1 is 0.931 bits per heavy atom. The molecule has 0 saturated carbocycles. The number of anilines is 2. The smallest absolute Gasteiger partial charge is 0.274 e. The molecule has 4 rings (SSSR count). The fraction of sp³-hybridized carbons (Fsp3) is 0.409. The summed E-state index contributed by atoms with van der Waals surface area (Å²) < 4.78 is 0. The molecule has 7 heteroatoms. The average Bonchev–Trinajstić information content (AvgIpc) is 3.29. The SMILES string of the molecule is CN1CCN(c2ccc(NC(=O)c3cc(C(=O)N4CCCC4)ccn3)cc2)CC1. The second-order valence-electron chi connectivity index (χ2n) is 7.72. The van der Waals surface area contributed by atoms with Crippen LogP contribution in [0.5, 0.6) is 0 Å².